The molecule has 1 amide bonds. The standard InChI is InChI=1S/C27H22N4O3/c1-16-6-3-4-8-21(16)31-26(33)18-9-11-22-23(15-18)30-25(29-22)20-14-17(10-12-24(20)32)19-7-5-13-28-27(19)34-2/h3-15,32H,1-2H3,(H,29,30)(H,31,33). The lowest BCUT2D eigenvalue weighted by Crippen LogP contribution is -2.12. The van der Waals surface area contributed by atoms with Gasteiger partial charge in [-0.05, 0) is 66.6 Å². The largest absolute Gasteiger partial charge is 0.507 e. The fourth-order valence-corrected chi connectivity index (χ4v) is 3.85. The number of pyridine rings is 1. The van der Waals surface area contributed by atoms with Crippen LogP contribution in [-0.4, -0.2) is 33.1 Å². The molecular weight excluding hydrogens is 428 g/mol. The van der Waals surface area contributed by atoms with Crippen molar-refractivity contribution in [1.29, 1.82) is 0 Å². The first-order chi connectivity index (χ1) is 16.5. The number of ether oxygens (including phenoxy) is 1. The van der Waals surface area contributed by atoms with E-state index in [2.05, 4.69) is 20.3 Å². The van der Waals surface area contributed by atoms with Gasteiger partial charge in [-0.3, -0.25) is 4.79 Å². The van der Waals surface area contributed by atoms with Crippen LogP contribution in [0, 0.1) is 6.92 Å². The highest BCUT2D eigenvalue weighted by Gasteiger charge is 2.15. The molecule has 0 spiro atoms. The van der Waals surface area contributed by atoms with Crippen molar-refractivity contribution in [1.82, 2.24) is 15.0 Å². The summed E-state index contributed by atoms with van der Waals surface area (Å²) in [5, 5.41) is 13.5. The zero-order chi connectivity index (χ0) is 23.7. The second-order valence-electron chi connectivity index (χ2n) is 7.88. The molecule has 0 atom stereocenters. The first-order valence-electron chi connectivity index (χ1n) is 10.7. The Morgan fingerprint density at radius 3 is 2.68 bits per heavy atom. The average Bonchev–Trinajstić information content (AvgIpc) is 3.29. The Morgan fingerprint density at radius 2 is 1.85 bits per heavy atom. The molecule has 3 N–H and O–H groups in total. The number of methoxy groups -OCH3 is 1. The number of aromatic hydroxyl groups is 1. The van der Waals surface area contributed by atoms with E-state index in [0.717, 1.165) is 22.4 Å². The summed E-state index contributed by atoms with van der Waals surface area (Å²) in [5.74, 6) is 0.866. The van der Waals surface area contributed by atoms with Gasteiger partial charge in [0.25, 0.3) is 5.91 Å². The van der Waals surface area contributed by atoms with Crippen LogP contribution in [0.2, 0.25) is 0 Å². The van der Waals surface area contributed by atoms with Gasteiger partial charge in [0, 0.05) is 23.0 Å². The van der Waals surface area contributed by atoms with Crippen LogP contribution in [-0.2, 0) is 0 Å². The number of aromatic amines is 1. The normalized spacial score (nSPS) is 10.9. The Kier molecular flexibility index (Phi) is 5.43. The molecule has 0 saturated heterocycles. The monoisotopic (exact) mass is 450 g/mol. The summed E-state index contributed by atoms with van der Waals surface area (Å²) in [4.78, 5) is 24.9. The molecule has 7 heteroatoms. The zero-order valence-corrected chi connectivity index (χ0v) is 18.7. The number of fused-ring (bicyclic) bond motifs is 1. The van der Waals surface area contributed by atoms with E-state index in [1.807, 2.05) is 49.4 Å². The number of nitrogens with zero attached hydrogens (tertiary/aromatic N) is 2. The van der Waals surface area contributed by atoms with Crippen LogP contribution in [0.15, 0.2) is 79.0 Å². The first-order valence-corrected chi connectivity index (χ1v) is 10.7. The van der Waals surface area contributed by atoms with Gasteiger partial charge < -0.3 is 20.1 Å². The third-order valence-corrected chi connectivity index (χ3v) is 5.66. The highest BCUT2D eigenvalue weighted by Crippen LogP contribution is 2.35. The van der Waals surface area contributed by atoms with Gasteiger partial charge >= 0.3 is 0 Å². The summed E-state index contributed by atoms with van der Waals surface area (Å²) in [6, 6.07) is 21.9. The van der Waals surface area contributed by atoms with Crippen LogP contribution in [0.5, 0.6) is 11.6 Å². The number of aromatic nitrogens is 3. The number of carbonyl (C=O) groups is 1. The number of anilines is 1. The highest BCUT2D eigenvalue weighted by atomic mass is 16.5. The summed E-state index contributed by atoms with van der Waals surface area (Å²) >= 11 is 0. The van der Waals surface area contributed by atoms with Gasteiger partial charge in [0.15, 0.2) is 0 Å². The van der Waals surface area contributed by atoms with E-state index in [9.17, 15) is 9.90 Å². The predicted octanol–water partition coefficient (Wildman–Crippen LogP) is 5.57. The molecule has 3 aromatic carbocycles. The van der Waals surface area contributed by atoms with Crippen LogP contribution in [0.25, 0.3) is 33.5 Å². The molecule has 7 nitrogen and oxygen atoms in total. The molecule has 5 aromatic rings. The number of phenolic OH excluding ortho intramolecular Hbond substituents is 1. The zero-order valence-electron chi connectivity index (χ0n) is 18.7. The molecule has 2 heterocycles. The van der Waals surface area contributed by atoms with Crippen molar-refractivity contribution in [3.8, 4) is 34.1 Å². The summed E-state index contributed by atoms with van der Waals surface area (Å²) in [6.45, 7) is 1.95. The van der Waals surface area contributed by atoms with Gasteiger partial charge in [-0.15, -0.1) is 0 Å². The maximum absolute atomic E-state index is 12.8. The number of phenols is 1. The number of hydrogen-bond donors (Lipinski definition) is 3. The second kappa shape index (κ2) is 8.71. The molecule has 0 saturated carbocycles. The molecule has 0 radical (unpaired) electrons. The lowest BCUT2D eigenvalue weighted by Gasteiger charge is -2.09. The van der Waals surface area contributed by atoms with Crippen molar-refractivity contribution in [2.24, 2.45) is 0 Å². The number of amides is 1. The number of H-pyrrole nitrogens is 1. The van der Waals surface area contributed by atoms with Gasteiger partial charge in [0.05, 0.1) is 23.7 Å². The van der Waals surface area contributed by atoms with Crippen molar-refractivity contribution in [2.45, 2.75) is 6.92 Å². The van der Waals surface area contributed by atoms with E-state index in [0.29, 0.717) is 33.9 Å². The molecule has 168 valence electrons. The van der Waals surface area contributed by atoms with Crippen LogP contribution in [0.4, 0.5) is 5.69 Å². The Morgan fingerprint density at radius 1 is 1.00 bits per heavy atom. The summed E-state index contributed by atoms with van der Waals surface area (Å²) in [6.07, 6.45) is 1.66. The van der Waals surface area contributed by atoms with Crippen molar-refractivity contribution in [2.75, 3.05) is 12.4 Å². The molecule has 0 aliphatic rings. The van der Waals surface area contributed by atoms with Crippen LogP contribution in [0.3, 0.4) is 0 Å². The number of benzene rings is 3. The molecule has 34 heavy (non-hydrogen) atoms. The molecular formula is C27H22N4O3. The van der Waals surface area contributed by atoms with Gasteiger partial charge in [0.1, 0.15) is 11.6 Å². The molecule has 0 fully saturated rings. The van der Waals surface area contributed by atoms with E-state index >= 15 is 0 Å². The fourth-order valence-electron chi connectivity index (χ4n) is 3.85. The summed E-state index contributed by atoms with van der Waals surface area (Å²) < 4.78 is 5.37. The molecule has 2 aromatic heterocycles. The minimum Gasteiger partial charge on any atom is -0.507 e. The van der Waals surface area contributed by atoms with E-state index in [1.54, 1.807) is 43.6 Å². The Labute approximate surface area is 196 Å². The van der Waals surface area contributed by atoms with E-state index in [-0.39, 0.29) is 11.7 Å². The predicted molar refractivity (Wildman–Crippen MR) is 132 cm³/mol. The summed E-state index contributed by atoms with van der Waals surface area (Å²) in [5.41, 5.74) is 5.80. The van der Waals surface area contributed by atoms with Crippen LogP contribution >= 0.6 is 0 Å². The third kappa shape index (κ3) is 3.95. The molecule has 0 unspecified atom stereocenters. The SMILES string of the molecule is COc1ncccc1-c1ccc(O)c(-c2nc3ccc(C(=O)Nc4ccccc4C)cc3[nH]2)c1. The second-order valence-corrected chi connectivity index (χ2v) is 7.88. The maximum atomic E-state index is 12.8. The minimum atomic E-state index is -0.208. The lowest BCUT2D eigenvalue weighted by molar-refractivity contribution is 0.102. The summed E-state index contributed by atoms with van der Waals surface area (Å²) in [7, 11) is 1.57. The van der Waals surface area contributed by atoms with E-state index < -0.39 is 0 Å². The Bertz CT molecular complexity index is 1520. The molecule has 5 rings (SSSR count). The topological polar surface area (TPSA) is 100 Å². The van der Waals surface area contributed by atoms with Crippen LogP contribution in [0.1, 0.15) is 15.9 Å². The van der Waals surface area contributed by atoms with E-state index in [1.165, 1.54) is 0 Å². The maximum Gasteiger partial charge on any atom is 0.255 e. The number of hydrogen-bond acceptors (Lipinski definition) is 5. The smallest absolute Gasteiger partial charge is 0.255 e. The Balaban J connectivity index is 1.49. The minimum absolute atomic E-state index is 0.0863. The van der Waals surface area contributed by atoms with Crippen molar-refractivity contribution in [3.05, 3.63) is 90.1 Å². The lowest BCUT2D eigenvalue weighted by atomic mass is 10.0. The molecule has 0 aliphatic heterocycles. The molecule has 0 bridgehead atoms. The first kappa shape index (κ1) is 21.2. The number of nitrogens with one attached hydrogen (secondary N) is 2. The quantitative estimate of drug-likeness (QED) is 0.325. The van der Waals surface area contributed by atoms with Gasteiger partial charge in [-0.25, -0.2) is 9.97 Å². The van der Waals surface area contributed by atoms with Crippen molar-refractivity contribution < 1.29 is 14.6 Å². The number of carbonyl (C=O) groups excluding carboxylic acids is 1. The van der Waals surface area contributed by atoms with Gasteiger partial charge in [0.2, 0.25) is 5.88 Å². The number of aryl methyl sites for hydroxylation is 1. The van der Waals surface area contributed by atoms with Gasteiger partial charge in [-0.1, -0.05) is 24.3 Å². The van der Waals surface area contributed by atoms with Crippen molar-refractivity contribution in [3.63, 3.8) is 0 Å². The van der Waals surface area contributed by atoms with Crippen LogP contribution < -0.4 is 10.1 Å². The third-order valence-electron chi connectivity index (χ3n) is 5.66. The van der Waals surface area contributed by atoms with Crippen molar-refractivity contribution >= 4 is 22.6 Å². The highest BCUT2D eigenvalue weighted by molar-refractivity contribution is 6.06. The fraction of sp³-hybridized carbons (Fsp3) is 0.0741. The van der Waals surface area contributed by atoms with Gasteiger partial charge in [-0.2, -0.15) is 0 Å². The van der Waals surface area contributed by atoms with E-state index in [4.69, 9.17) is 4.74 Å². The number of para-hydroxylation sites is 1. The molecule has 0 aliphatic carbocycles. The Hall–Kier alpha value is -4.65. The number of imidazole rings is 1. The number of rotatable bonds is 5. The average molecular weight is 450 g/mol.